The van der Waals surface area contributed by atoms with Crippen molar-refractivity contribution < 1.29 is 14.3 Å². The lowest BCUT2D eigenvalue weighted by atomic mass is 10.1. The molecule has 0 spiro atoms. The Balaban J connectivity index is 3.20. The molecule has 4 heteroatoms. The Morgan fingerprint density at radius 3 is 2.71 bits per heavy atom. The predicted molar refractivity (Wildman–Crippen MR) is 55.0 cm³/mol. The van der Waals surface area contributed by atoms with Gasteiger partial charge in [0.2, 0.25) is 0 Å². The van der Waals surface area contributed by atoms with Crippen LogP contribution in [-0.2, 0) is 14.3 Å². The van der Waals surface area contributed by atoms with Crippen molar-refractivity contribution in [3.05, 3.63) is 0 Å². The van der Waals surface area contributed by atoms with Crippen molar-refractivity contribution in [1.82, 2.24) is 0 Å². The van der Waals surface area contributed by atoms with Crippen LogP contribution >= 0.6 is 0 Å². The van der Waals surface area contributed by atoms with Gasteiger partial charge in [0.1, 0.15) is 6.61 Å². The van der Waals surface area contributed by atoms with Crippen LogP contribution in [0.5, 0.6) is 0 Å². The first kappa shape index (κ1) is 13.4. The summed E-state index contributed by atoms with van der Waals surface area (Å²) in [6.45, 7) is 5.33. The van der Waals surface area contributed by atoms with E-state index in [0.717, 1.165) is 12.8 Å². The summed E-state index contributed by atoms with van der Waals surface area (Å²) >= 11 is 0. The van der Waals surface area contributed by atoms with Gasteiger partial charge in [-0.25, -0.2) is 0 Å². The van der Waals surface area contributed by atoms with Crippen LogP contribution in [0.15, 0.2) is 0 Å². The maximum absolute atomic E-state index is 11.1. The van der Waals surface area contributed by atoms with Crippen molar-refractivity contribution in [2.75, 3.05) is 19.8 Å². The van der Waals surface area contributed by atoms with Gasteiger partial charge in [-0.2, -0.15) is 0 Å². The molecular weight excluding hydrogens is 182 g/mol. The Morgan fingerprint density at radius 1 is 1.43 bits per heavy atom. The van der Waals surface area contributed by atoms with Crippen LogP contribution in [0.25, 0.3) is 0 Å². The first-order valence-corrected chi connectivity index (χ1v) is 5.15. The summed E-state index contributed by atoms with van der Waals surface area (Å²) in [5.41, 5.74) is 5.55. The average Bonchev–Trinajstić information content (AvgIpc) is 2.12. The largest absolute Gasteiger partial charge is 0.463 e. The zero-order chi connectivity index (χ0) is 10.8. The Morgan fingerprint density at radius 2 is 2.14 bits per heavy atom. The van der Waals surface area contributed by atoms with Crippen LogP contribution in [0.4, 0.5) is 0 Å². The van der Waals surface area contributed by atoms with Crippen LogP contribution in [0.3, 0.4) is 0 Å². The van der Waals surface area contributed by atoms with Crippen molar-refractivity contribution in [2.24, 2.45) is 5.73 Å². The summed E-state index contributed by atoms with van der Waals surface area (Å²) in [5, 5.41) is 0. The van der Waals surface area contributed by atoms with E-state index in [-0.39, 0.29) is 12.0 Å². The van der Waals surface area contributed by atoms with Gasteiger partial charge in [0, 0.05) is 19.1 Å². The lowest BCUT2D eigenvalue weighted by Gasteiger charge is -2.06. The standard InChI is InChI=1S/C10H21NO3/c1-3-13-7-8-14-10(12)6-4-5-9(2)11/h9H,3-8,11H2,1-2H3. The zero-order valence-electron chi connectivity index (χ0n) is 9.12. The molecule has 0 aromatic rings. The summed E-state index contributed by atoms with van der Waals surface area (Å²) in [6.07, 6.45) is 2.11. The minimum absolute atomic E-state index is 0.159. The van der Waals surface area contributed by atoms with Gasteiger partial charge in [0.15, 0.2) is 0 Å². The molecule has 0 saturated heterocycles. The molecule has 0 fully saturated rings. The van der Waals surface area contributed by atoms with Gasteiger partial charge in [-0.1, -0.05) is 0 Å². The van der Waals surface area contributed by atoms with E-state index in [0.29, 0.717) is 26.2 Å². The van der Waals surface area contributed by atoms with Gasteiger partial charge >= 0.3 is 5.97 Å². The van der Waals surface area contributed by atoms with Crippen molar-refractivity contribution in [1.29, 1.82) is 0 Å². The fourth-order valence-electron chi connectivity index (χ4n) is 0.999. The minimum atomic E-state index is -0.162. The van der Waals surface area contributed by atoms with E-state index in [1.54, 1.807) is 0 Å². The Kier molecular flexibility index (Phi) is 8.57. The molecule has 84 valence electrons. The molecule has 0 aliphatic rings. The highest BCUT2D eigenvalue weighted by atomic mass is 16.6. The second kappa shape index (κ2) is 8.97. The first-order chi connectivity index (χ1) is 6.66. The van der Waals surface area contributed by atoms with Crippen molar-refractivity contribution >= 4 is 5.97 Å². The van der Waals surface area contributed by atoms with Gasteiger partial charge < -0.3 is 15.2 Å². The third-order valence-electron chi connectivity index (χ3n) is 1.74. The van der Waals surface area contributed by atoms with E-state index in [1.807, 2.05) is 13.8 Å². The normalized spacial score (nSPS) is 12.5. The molecule has 0 aliphatic carbocycles. The number of hydrogen-bond acceptors (Lipinski definition) is 4. The van der Waals surface area contributed by atoms with Crippen LogP contribution < -0.4 is 5.73 Å². The molecule has 1 atom stereocenters. The van der Waals surface area contributed by atoms with E-state index in [9.17, 15) is 4.79 Å². The fourth-order valence-corrected chi connectivity index (χ4v) is 0.999. The molecule has 0 saturated carbocycles. The van der Waals surface area contributed by atoms with Gasteiger partial charge in [-0.05, 0) is 26.7 Å². The second-order valence-electron chi connectivity index (χ2n) is 3.29. The molecule has 14 heavy (non-hydrogen) atoms. The number of hydrogen-bond donors (Lipinski definition) is 1. The Bertz CT molecular complexity index is 148. The number of carbonyl (C=O) groups excluding carboxylic acids is 1. The highest BCUT2D eigenvalue weighted by Gasteiger charge is 2.03. The molecule has 0 bridgehead atoms. The number of nitrogens with two attached hydrogens (primary N) is 1. The van der Waals surface area contributed by atoms with E-state index < -0.39 is 0 Å². The quantitative estimate of drug-likeness (QED) is 0.473. The minimum Gasteiger partial charge on any atom is -0.463 e. The molecule has 4 nitrogen and oxygen atoms in total. The summed E-state index contributed by atoms with van der Waals surface area (Å²) in [4.78, 5) is 11.1. The maximum Gasteiger partial charge on any atom is 0.305 e. The third kappa shape index (κ3) is 9.48. The SMILES string of the molecule is CCOCCOC(=O)CCCC(C)N. The van der Waals surface area contributed by atoms with Crippen molar-refractivity contribution in [3.63, 3.8) is 0 Å². The summed E-state index contributed by atoms with van der Waals surface area (Å²) in [5.74, 6) is -0.162. The Hall–Kier alpha value is -0.610. The van der Waals surface area contributed by atoms with Gasteiger partial charge in [0.25, 0.3) is 0 Å². The molecule has 0 amide bonds. The molecule has 1 unspecified atom stereocenters. The fraction of sp³-hybridized carbons (Fsp3) is 0.900. The molecule has 2 N–H and O–H groups in total. The van der Waals surface area contributed by atoms with Gasteiger partial charge in [0.05, 0.1) is 6.61 Å². The number of rotatable bonds is 8. The van der Waals surface area contributed by atoms with Crippen LogP contribution in [0, 0.1) is 0 Å². The summed E-state index contributed by atoms with van der Waals surface area (Å²) in [7, 11) is 0. The van der Waals surface area contributed by atoms with E-state index in [1.165, 1.54) is 0 Å². The van der Waals surface area contributed by atoms with E-state index in [4.69, 9.17) is 15.2 Å². The average molecular weight is 203 g/mol. The highest BCUT2D eigenvalue weighted by molar-refractivity contribution is 5.69. The van der Waals surface area contributed by atoms with Crippen LogP contribution in [0.2, 0.25) is 0 Å². The van der Waals surface area contributed by atoms with E-state index in [2.05, 4.69) is 0 Å². The van der Waals surface area contributed by atoms with Gasteiger partial charge in [-0.15, -0.1) is 0 Å². The highest BCUT2D eigenvalue weighted by Crippen LogP contribution is 1.99. The number of carbonyl (C=O) groups is 1. The monoisotopic (exact) mass is 203 g/mol. The maximum atomic E-state index is 11.1. The van der Waals surface area contributed by atoms with Gasteiger partial charge in [-0.3, -0.25) is 4.79 Å². The van der Waals surface area contributed by atoms with Crippen LogP contribution in [0.1, 0.15) is 33.1 Å². The third-order valence-corrected chi connectivity index (χ3v) is 1.74. The lowest BCUT2D eigenvalue weighted by Crippen LogP contribution is -2.16. The van der Waals surface area contributed by atoms with E-state index >= 15 is 0 Å². The summed E-state index contributed by atoms with van der Waals surface area (Å²) in [6, 6.07) is 0.159. The smallest absolute Gasteiger partial charge is 0.305 e. The first-order valence-electron chi connectivity index (χ1n) is 5.15. The topological polar surface area (TPSA) is 61.5 Å². The zero-order valence-corrected chi connectivity index (χ0v) is 9.12. The number of esters is 1. The molecule has 0 heterocycles. The number of ether oxygens (including phenoxy) is 2. The molecular formula is C10H21NO3. The molecule has 0 aromatic carbocycles. The molecule has 0 radical (unpaired) electrons. The van der Waals surface area contributed by atoms with Crippen molar-refractivity contribution in [3.8, 4) is 0 Å². The molecule has 0 aliphatic heterocycles. The predicted octanol–water partition coefficient (Wildman–Crippen LogP) is 1.08. The summed E-state index contributed by atoms with van der Waals surface area (Å²) < 4.78 is 9.95. The molecule has 0 aromatic heterocycles. The van der Waals surface area contributed by atoms with Crippen LogP contribution in [-0.4, -0.2) is 31.8 Å². The lowest BCUT2D eigenvalue weighted by molar-refractivity contribution is -0.145. The second-order valence-corrected chi connectivity index (χ2v) is 3.29. The van der Waals surface area contributed by atoms with Crippen molar-refractivity contribution in [2.45, 2.75) is 39.2 Å². The molecule has 0 rings (SSSR count). The Labute approximate surface area is 85.8 Å².